The number of nitrogens with two attached hydrogens (primary N) is 1. The average Bonchev–Trinajstić information content (AvgIpc) is 2.82. The molecule has 4 heteroatoms. The number of aromatic nitrogens is 1. The van der Waals surface area contributed by atoms with Crippen molar-refractivity contribution in [3.8, 4) is 0 Å². The van der Waals surface area contributed by atoms with E-state index in [4.69, 9.17) is 10.5 Å². The Morgan fingerprint density at radius 3 is 3.18 bits per heavy atom. The fourth-order valence-electron chi connectivity index (χ4n) is 2.38. The van der Waals surface area contributed by atoms with Crippen molar-refractivity contribution < 1.29 is 4.74 Å². The minimum atomic E-state index is 0.247. The number of nitrogens with one attached hydrogen (secondary N) is 1. The van der Waals surface area contributed by atoms with Crippen LogP contribution in [0.1, 0.15) is 37.8 Å². The van der Waals surface area contributed by atoms with Gasteiger partial charge in [0, 0.05) is 24.4 Å². The van der Waals surface area contributed by atoms with E-state index in [0.717, 1.165) is 31.6 Å². The zero-order valence-electron chi connectivity index (χ0n) is 10.4. The number of anilines is 1. The summed E-state index contributed by atoms with van der Waals surface area (Å²) in [5.41, 5.74) is 7.02. The summed E-state index contributed by atoms with van der Waals surface area (Å²) in [5, 5.41) is 3.47. The van der Waals surface area contributed by atoms with E-state index in [9.17, 15) is 0 Å². The Hall–Kier alpha value is -1.13. The Morgan fingerprint density at radius 2 is 2.53 bits per heavy atom. The van der Waals surface area contributed by atoms with Gasteiger partial charge in [-0.05, 0) is 31.9 Å². The smallest absolute Gasteiger partial charge is 0.128 e. The van der Waals surface area contributed by atoms with Gasteiger partial charge < -0.3 is 15.8 Å². The predicted molar refractivity (Wildman–Crippen MR) is 68.7 cm³/mol. The Labute approximate surface area is 103 Å². The van der Waals surface area contributed by atoms with Crippen LogP contribution >= 0.6 is 0 Å². The number of hydrogen-bond acceptors (Lipinski definition) is 4. The topological polar surface area (TPSA) is 60.2 Å². The largest absolute Gasteiger partial charge is 0.383 e. The van der Waals surface area contributed by atoms with Gasteiger partial charge in [-0.25, -0.2) is 4.98 Å². The van der Waals surface area contributed by atoms with E-state index in [0.29, 0.717) is 11.9 Å². The summed E-state index contributed by atoms with van der Waals surface area (Å²) in [6.07, 6.45) is 5.39. The monoisotopic (exact) mass is 235 g/mol. The number of nitrogen functional groups attached to an aromatic ring is 1. The van der Waals surface area contributed by atoms with Crippen LogP contribution in [0.2, 0.25) is 0 Å². The van der Waals surface area contributed by atoms with Gasteiger partial charge in [-0.15, -0.1) is 0 Å². The zero-order chi connectivity index (χ0) is 12.1. The standard InChI is InChI=1S/C13H21N3O/c1-2-15-12(9-10-5-4-8-17-10)11-6-3-7-16-13(11)14/h3,6-7,10,12,15H,2,4-5,8-9H2,1H3,(H2,14,16). The van der Waals surface area contributed by atoms with Crippen molar-refractivity contribution in [1.82, 2.24) is 10.3 Å². The summed E-state index contributed by atoms with van der Waals surface area (Å²) in [5.74, 6) is 0.622. The van der Waals surface area contributed by atoms with Crippen molar-refractivity contribution in [3.63, 3.8) is 0 Å². The fourth-order valence-corrected chi connectivity index (χ4v) is 2.38. The molecule has 4 nitrogen and oxygen atoms in total. The van der Waals surface area contributed by atoms with Gasteiger partial charge in [-0.2, -0.15) is 0 Å². The third kappa shape index (κ3) is 3.17. The Morgan fingerprint density at radius 1 is 1.65 bits per heavy atom. The summed E-state index contributed by atoms with van der Waals surface area (Å²) in [7, 11) is 0. The van der Waals surface area contributed by atoms with Crippen LogP contribution in [-0.4, -0.2) is 24.2 Å². The van der Waals surface area contributed by atoms with Crippen LogP contribution < -0.4 is 11.1 Å². The van der Waals surface area contributed by atoms with E-state index in [2.05, 4.69) is 17.2 Å². The van der Waals surface area contributed by atoms with Crippen LogP contribution in [-0.2, 0) is 4.74 Å². The van der Waals surface area contributed by atoms with Crippen molar-refractivity contribution >= 4 is 5.82 Å². The second kappa shape index (κ2) is 5.98. The molecule has 17 heavy (non-hydrogen) atoms. The SMILES string of the molecule is CCNC(CC1CCCO1)c1cccnc1N. The molecule has 0 saturated carbocycles. The molecule has 1 aliphatic rings. The maximum absolute atomic E-state index is 5.93. The number of hydrogen-bond donors (Lipinski definition) is 2. The Kier molecular flexibility index (Phi) is 4.34. The average molecular weight is 235 g/mol. The quantitative estimate of drug-likeness (QED) is 0.818. The maximum atomic E-state index is 5.93. The van der Waals surface area contributed by atoms with Crippen molar-refractivity contribution in [2.45, 2.75) is 38.3 Å². The number of pyridine rings is 1. The highest BCUT2D eigenvalue weighted by atomic mass is 16.5. The third-order valence-corrected chi connectivity index (χ3v) is 3.22. The molecule has 0 bridgehead atoms. The van der Waals surface area contributed by atoms with E-state index in [-0.39, 0.29) is 6.04 Å². The first kappa shape index (κ1) is 12.3. The molecule has 2 heterocycles. The molecule has 0 radical (unpaired) electrons. The molecule has 0 aromatic carbocycles. The molecular formula is C13H21N3O. The highest BCUT2D eigenvalue weighted by Gasteiger charge is 2.22. The lowest BCUT2D eigenvalue weighted by Crippen LogP contribution is -2.26. The summed E-state index contributed by atoms with van der Waals surface area (Å²) >= 11 is 0. The normalized spacial score (nSPS) is 21.6. The highest BCUT2D eigenvalue weighted by molar-refractivity contribution is 5.40. The molecule has 1 aliphatic heterocycles. The molecule has 2 rings (SSSR count). The van der Waals surface area contributed by atoms with Crippen LogP contribution in [0.15, 0.2) is 18.3 Å². The molecule has 1 fully saturated rings. The molecule has 2 unspecified atom stereocenters. The zero-order valence-corrected chi connectivity index (χ0v) is 10.4. The molecule has 0 aliphatic carbocycles. The van der Waals surface area contributed by atoms with E-state index >= 15 is 0 Å². The van der Waals surface area contributed by atoms with Crippen molar-refractivity contribution in [2.75, 3.05) is 18.9 Å². The summed E-state index contributed by atoms with van der Waals surface area (Å²) < 4.78 is 5.69. The highest BCUT2D eigenvalue weighted by Crippen LogP contribution is 2.27. The van der Waals surface area contributed by atoms with Gasteiger partial charge in [0.1, 0.15) is 5.82 Å². The predicted octanol–water partition coefficient (Wildman–Crippen LogP) is 1.88. The van der Waals surface area contributed by atoms with Crippen molar-refractivity contribution in [1.29, 1.82) is 0 Å². The van der Waals surface area contributed by atoms with Gasteiger partial charge in [0.05, 0.1) is 6.10 Å². The number of ether oxygens (including phenoxy) is 1. The minimum absolute atomic E-state index is 0.247. The van der Waals surface area contributed by atoms with Crippen LogP contribution in [0.25, 0.3) is 0 Å². The molecule has 1 aromatic heterocycles. The van der Waals surface area contributed by atoms with E-state index in [1.165, 1.54) is 6.42 Å². The summed E-state index contributed by atoms with van der Waals surface area (Å²) in [6, 6.07) is 4.23. The van der Waals surface area contributed by atoms with Crippen LogP contribution in [0, 0.1) is 0 Å². The molecule has 94 valence electrons. The molecule has 0 amide bonds. The van der Waals surface area contributed by atoms with E-state index < -0.39 is 0 Å². The maximum Gasteiger partial charge on any atom is 0.128 e. The first-order chi connectivity index (χ1) is 8.31. The number of rotatable bonds is 5. The lowest BCUT2D eigenvalue weighted by molar-refractivity contribution is 0.0948. The molecular weight excluding hydrogens is 214 g/mol. The van der Waals surface area contributed by atoms with Crippen LogP contribution in [0.5, 0.6) is 0 Å². The summed E-state index contributed by atoms with van der Waals surface area (Å²) in [4.78, 5) is 4.15. The lowest BCUT2D eigenvalue weighted by Gasteiger charge is -2.22. The molecule has 1 aromatic rings. The fraction of sp³-hybridized carbons (Fsp3) is 0.615. The summed E-state index contributed by atoms with van der Waals surface area (Å²) in [6.45, 7) is 3.92. The first-order valence-electron chi connectivity index (χ1n) is 6.36. The van der Waals surface area contributed by atoms with Gasteiger partial charge in [0.15, 0.2) is 0 Å². The number of nitrogens with zero attached hydrogens (tertiary/aromatic N) is 1. The van der Waals surface area contributed by atoms with Crippen molar-refractivity contribution in [3.05, 3.63) is 23.9 Å². The van der Waals surface area contributed by atoms with Crippen LogP contribution in [0.3, 0.4) is 0 Å². The second-order valence-corrected chi connectivity index (χ2v) is 4.46. The Balaban J connectivity index is 2.08. The molecule has 3 N–H and O–H groups in total. The van der Waals surface area contributed by atoms with Gasteiger partial charge in [-0.3, -0.25) is 0 Å². The van der Waals surface area contributed by atoms with Gasteiger partial charge >= 0.3 is 0 Å². The van der Waals surface area contributed by atoms with E-state index in [1.54, 1.807) is 6.20 Å². The van der Waals surface area contributed by atoms with Gasteiger partial charge in [0.2, 0.25) is 0 Å². The third-order valence-electron chi connectivity index (χ3n) is 3.22. The molecule has 2 atom stereocenters. The molecule has 0 spiro atoms. The molecule has 1 saturated heterocycles. The van der Waals surface area contributed by atoms with E-state index in [1.807, 2.05) is 12.1 Å². The second-order valence-electron chi connectivity index (χ2n) is 4.46. The van der Waals surface area contributed by atoms with Gasteiger partial charge in [0.25, 0.3) is 0 Å². The van der Waals surface area contributed by atoms with Crippen LogP contribution in [0.4, 0.5) is 5.82 Å². The van der Waals surface area contributed by atoms with Gasteiger partial charge in [-0.1, -0.05) is 13.0 Å². The lowest BCUT2D eigenvalue weighted by atomic mass is 10.00. The Bertz CT molecular complexity index is 350. The first-order valence-corrected chi connectivity index (χ1v) is 6.36. The van der Waals surface area contributed by atoms with Crippen molar-refractivity contribution in [2.24, 2.45) is 0 Å². The minimum Gasteiger partial charge on any atom is -0.383 e.